The Morgan fingerprint density at radius 3 is 1.94 bits per heavy atom. The summed E-state index contributed by atoms with van der Waals surface area (Å²) in [6, 6.07) is 12.6. The minimum Gasteiger partial charge on any atom is -0.379 e. The molecule has 0 bridgehead atoms. The van der Waals surface area contributed by atoms with Gasteiger partial charge >= 0.3 is 0 Å². The summed E-state index contributed by atoms with van der Waals surface area (Å²) in [5.41, 5.74) is 2.09. The Morgan fingerprint density at radius 1 is 0.771 bits per heavy atom. The molecule has 0 fully saturated rings. The summed E-state index contributed by atoms with van der Waals surface area (Å²) >= 11 is 0. The molecule has 0 heterocycles. The minimum atomic E-state index is -3.93. The summed E-state index contributed by atoms with van der Waals surface area (Å²) in [6.45, 7) is 8.39. The first-order chi connectivity index (χ1) is 23.0. The molecule has 2 rings (SSSR count). The lowest BCUT2D eigenvalue weighted by molar-refractivity contribution is -0.127. The van der Waals surface area contributed by atoms with Crippen molar-refractivity contribution in [1.82, 2.24) is 10.6 Å². The van der Waals surface area contributed by atoms with Crippen molar-refractivity contribution in [3.63, 3.8) is 0 Å². The number of amides is 3. The fourth-order valence-corrected chi connectivity index (χ4v) is 4.85. The van der Waals surface area contributed by atoms with Gasteiger partial charge in [0.1, 0.15) is 5.78 Å². The van der Waals surface area contributed by atoms with Gasteiger partial charge in [0.05, 0.1) is 43.8 Å². The van der Waals surface area contributed by atoms with E-state index in [2.05, 4.69) is 25.6 Å². The van der Waals surface area contributed by atoms with Gasteiger partial charge in [-0.2, -0.15) is 13.5 Å². The highest BCUT2D eigenvalue weighted by Gasteiger charge is 2.14. The van der Waals surface area contributed by atoms with Crippen molar-refractivity contribution in [3.05, 3.63) is 59.7 Å². The SMILES string of the molecule is CC(=O)CC(=O)NCCCOCCOCCOCCCNC(=O)CCC(=O)Nc1cccc(C(C)N=NS(=O)(=O)c2ccc(C)cc2)c1. The van der Waals surface area contributed by atoms with E-state index in [4.69, 9.17) is 14.2 Å². The molecule has 0 saturated heterocycles. The molecule has 0 aliphatic carbocycles. The molecule has 3 N–H and O–H groups in total. The first-order valence-corrected chi connectivity index (χ1v) is 17.3. The Balaban J connectivity index is 1.51. The molecule has 1 atom stereocenters. The fourth-order valence-electron chi connectivity index (χ4n) is 4.01. The Kier molecular flexibility index (Phi) is 18.8. The Labute approximate surface area is 282 Å². The van der Waals surface area contributed by atoms with Crippen molar-refractivity contribution >= 4 is 39.2 Å². The summed E-state index contributed by atoms with van der Waals surface area (Å²) in [4.78, 5) is 46.8. The van der Waals surface area contributed by atoms with Gasteiger partial charge < -0.3 is 30.2 Å². The molecule has 0 spiro atoms. The zero-order chi connectivity index (χ0) is 35.2. The number of ether oxygens (including phenoxy) is 3. The highest BCUT2D eigenvalue weighted by Crippen LogP contribution is 2.23. The van der Waals surface area contributed by atoms with Gasteiger partial charge in [0, 0.05) is 44.8 Å². The number of sulfonamides is 1. The lowest BCUT2D eigenvalue weighted by Gasteiger charge is -2.10. The quantitative estimate of drug-likeness (QED) is 0.0839. The molecular weight excluding hydrogens is 642 g/mol. The molecule has 0 aliphatic heterocycles. The van der Waals surface area contributed by atoms with Gasteiger partial charge in [0.2, 0.25) is 17.7 Å². The summed E-state index contributed by atoms with van der Waals surface area (Å²) in [6.07, 6.45) is 1.18. The van der Waals surface area contributed by atoms with E-state index in [-0.39, 0.29) is 47.7 Å². The van der Waals surface area contributed by atoms with Crippen molar-refractivity contribution in [2.45, 2.75) is 63.8 Å². The molecule has 3 amide bonds. The van der Waals surface area contributed by atoms with Crippen LogP contribution >= 0.6 is 0 Å². The van der Waals surface area contributed by atoms with Crippen LogP contribution in [0, 0.1) is 6.92 Å². The van der Waals surface area contributed by atoms with E-state index in [1.807, 2.05) is 6.92 Å². The average Bonchev–Trinajstić information content (AvgIpc) is 3.04. The fraction of sp³-hybridized carbons (Fsp3) is 0.515. The Morgan fingerprint density at radius 2 is 1.33 bits per heavy atom. The van der Waals surface area contributed by atoms with Crippen molar-refractivity contribution in [2.75, 3.05) is 58.0 Å². The Hall–Kier alpha value is -4.05. The smallest absolute Gasteiger partial charge is 0.299 e. The van der Waals surface area contributed by atoms with Crippen LogP contribution in [-0.2, 0) is 43.4 Å². The van der Waals surface area contributed by atoms with Crippen LogP contribution in [0.25, 0.3) is 0 Å². The first kappa shape index (κ1) is 40.1. The van der Waals surface area contributed by atoms with Crippen molar-refractivity contribution in [1.29, 1.82) is 0 Å². The summed E-state index contributed by atoms with van der Waals surface area (Å²) in [5.74, 6) is -1.02. The topological polar surface area (TPSA) is 191 Å². The van der Waals surface area contributed by atoms with E-state index in [1.165, 1.54) is 19.1 Å². The number of Topliss-reactive ketones (excluding diaryl/α,β-unsaturated/α-hetero) is 1. The average molecular weight is 690 g/mol. The van der Waals surface area contributed by atoms with E-state index >= 15 is 0 Å². The summed E-state index contributed by atoms with van der Waals surface area (Å²) in [7, 11) is -3.93. The van der Waals surface area contributed by atoms with E-state index < -0.39 is 16.1 Å². The normalized spacial score (nSPS) is 12.1. The van der Waals surface area contributed by atoms with Crippen LogP contribution < -0.4 is 16.0 Å². The van der Waals surface area contributed by atoms with E-state index in [1.54, 1.807) is 43.3 Å². The van der Waals surface area contributed by atoms with E-state index in [0.29, 0.717) is 76.8 Å². The van der Waals surface area contributed by atoms with Crippen LogP contribution in [0.4, 0.5) is 5.69 Å². The highest BCUT2D eigenvalue weighted by molar-refractivity contribution is 7.90. The van der Waals surface area contributed by atoms with Crippen LogP contribution in [0.15, 0.2) is 63.1 Å². The molecule has 0 aromatic heterocycles. The number of nitrogens with one attached hydrogen (secondary N) is 3. The highest BCUT2D eigenvalue weighted by atomic mass is 32.2. The van der Waals surface area contributed by atoms with Crippen molar-refractivity contribution in [3.8, 4) is 0 Å². The minimum absolute atomic E-state index is 0.00461. The van der Waals surface area contributed by atoms with Gasteiger partial charge in [-0.05, 0) is 63.4 Å². The zero-order valence-electron chi connectivity index (χ0n) is 27.9. The second-order valence-electron chi connectivity index (χ2n) is 11.0. The zero-order valence-corrected chi connectivity index (χ0v) is 28.7. The number of carbonyl (C=O) groups excluding carboxylic acids is 4. The molecule has 264 valence electrons. The number of hydrogen-bond donors (Lipinski definition) is 3. The third kappa shape index (κ3) is 17.8. The number of aryl methyl sites for hydroxylation is 1. The lowest BCUT2D eigenvalue weighted by atomic mass is 10.1. The van der Waals surface area contributed by atoms with Crippen LogP contribution in [0.1, 0.15) is 63.1 Å². The standard InChI is InChI=1S/C33H47N5O9S/c1-25-9-11-30(12-10-25)48(43,44)38-37-27(3)28-7-4-8-29(24-28)36-32(41)14-13-31(40)34-15-5-17-45-19-21-47-22-20-46-18-6-16-35-33(42)23-26(2)39/h4,7-12,24,27H,5-6,13-23H2,1-3H3,(H,34,40)(H,35,42)(H,36,41). The maximum atomic E-state index is 12.5. The molecule has 0 aliphatic rings. The predicted molar refractivity (Wildman–Crippen MR) is 179 cm³/mol. The predicted octanol–water partition coefficient (Wildman–Crippen LogP) is 3.66. The number of ketones is 1. The molecule has 14 nitrogen and oxygen atoms in total. The first-order valence-electron chi connectivity index (χ1n) is 15.9. The summed E-state index contributed by atoms with van der Waals surface area (Å²) < 4.78 is 44.8. The molecule has 0 saturated carbocycles. The van der Waals surface area contributed by atoms with Gasteiger partial charge in [-0.1, -0.05) is 34.3 Å². The van der Waals surface area contributed by atoms with Gasteiger partial charge in [0.15, 0.2) is 0 Å². The van der Waals surface area contributed by atoms with Gasteiger partial charge in [-0.3, -0.25) is 19.2 Å². The van der Waals surface area contributed by atoms with Crippen molar-refractivity contribution in [2.24, 2.45) is 9.63 Å². The maximum absolute atomic E-state index is 12.5. The monoisotopic (exact) mass is 689 g/mol. The molecular formula is C33H47N5O9S. The Bertz CT molecular complexity index is 1450. The van der Waals surface area contributed by atoms with Crippen LogP contribution in [0.5, 0.6) is 0 Å². The lowest BCUT2D eigenvalue weighted by Crippen LogP contribution is -2.26. The maximum Gasteiger partial charge on any atom is 0.299 e. The number of nitrogens with zero attached hydrogens (tertiary/aromatic N) is 2. The second-order valence-corrected chi connectivity index (χ2v) is 12.5. The number of hydrogen-bond acceptors (Lipinski definition) is 10. The van der Waals surface area contributed by atoms with Crippen LogP contribution in [-0.4, -0.2) is 84.7 Å². The number of anilines is 1. The molecule has 15 heteroatoms. The second kappa shape index (κ2) is 22.5. The van der Waals surface area contributed by atoms with Gasteiger partial charge in [-0.25, -0.2) is 0 Å². The van der Waals surface area contributed by atoms with E-state index in [0.717, 1.165) is 5.56 Å². The third-order valence-corrected chi connectivity index (χ3v) is 7.78. The van der Waals surface area contributed by atoms with Crippen LogP contribution in [0.2, 0.25) is 0 Å². The number of rotatable bonds is 24. The molecule has 1 unspecified atom stereocenters. The third-order valence-electron chi connectivity index (χ3n) is 6.61. The van der Waals surface area contributed by atoms with Gasteiger partial charge in [0.25, 0.3) is 10.0 Å². The molecule has 48 heavy (non-hydrogen) atoms. The van der Waals surface area contributed by atoms with E-state index in [9.17, 15) is 27.6 Å². The molecule has 0 radical (unpaired) electrons. The largest absolute Gasteiger partial charge is 0.379 e. The molecule has 2 aromatic rings. The molecule has 2 aromatic carbocycles. The van der Waals surface area contributed by atoms with Gasteiger partial charge in [-0.15, -0.1) is 0 Å². The summed E-state index contributed by atoms with van der Waals surface area (Å²) in [5, 5.41) is 12.1. The van der Waals surface area contributed by atoms with Crippen molar-refractivity contribution < 1.29 is 41.8 Å². The van der Waals surface area contributed by atoms with Crippen LogP contribution in [0.3, 0.4) is 0 Å². The number of benzene rings is 2. The number of carbonyl (C=O) groups is 4.